The standard InChI is InChI=1S/C23H22BrNO4/c1-14-8-19-18(12-25(13-28-19)11-17-6-3-7-27-17)23-21(14)22(26)20(29-23)10-15-4-2-5-16(24)9-15/h2,4-5,8-10,17H,3,6-7,11-13H2,1H3/b20-10-. The Morgan fingerprint density at radius 1 is 1.31 bits per heavy atom. The molecule has 6 heteroatoms. The summed E-state index contributed by atoms with van der Waals surface area (Å²) in [5, 5.41) is 0. The summed E-state index contributed by atoms with van der Waals surface area (Å²) in [6.45, 7) is 4.82. The fourth-order valence-electron chi connectivity index (χ4n) is 4.22. The van der Waals surface area contributed by atoms with E-state index in [-0.39, 0.29) is 11.9 Å². The number of carbonyl (C=O) groups excluding carboxylic acids is 1. The molecule has 0 aromatic heterocycles. The van der Waals surface area contributed by atoms with Crippen LogP contribution in [-0.2, 0) is 11.3 Å². The van der Waals surface area contributed by atoms with E-state index in [1.54, 1.807) is 6.08 Å². The molecule has 2 aromatic rings. The van der Waals surface area contributed by atoms with E-state index in [1.165, 1.54) is 0 Å². The van der Waals surface area contributed by atoms with Gasteiger partial charge in [-0.2, -0.15) is 0 Å². The number of allylic oxidation sites excluding steroid dienone is 1. The van der Waals surface area contributed by atoms with Gasteiger partial charge in [0.25, 0.3) is 0 Å². The third-order valence-electron chi connectivity index (χ3n) is 5.62. The van der Waals surface area contributed by atoms with Crippen molar-refractivity contribution in [2.45, 2.75) is 32.4 Å². The first-order valence-corrected chi connectivity index (χ1v) is 10.7. The van der Waals surface area contributed by atoms with Crippen molar-refractivity contribution in [2.75, 3.05) is 19.9 Å². The molecule has 3 heterocycles. The lowest BCUT2D eigenvalue weighted by Crippen LogP contribution is -2.37. The number of ketones is 1. The molecule has 1 saturated heterocycles. The van der Waals surface area contributed by atoms with Crippen LogP contribution in [-0.4, -0.2) is 36.7 Å². The van der Waals surface area contributed by atoms with E-state index >= 15 is 0 Å². The van der Waals surface area contributed by atoms with Crippen molar-refractivity contribution in [1.29, 1.82) is 0 Å². The molecule has 0 saturated carbocycles. The van der Waals surface area contributed by atoms with Gasteiger partial charge in [-0.1, -0.05) is 28.1 Å². The Bertz CT molecular complexity index is 1010. The Hall–Kier alpha value is -2.15. The second-order valence-electron chi connectivity index (χ2n) is 7.79. The van der Waals surface area contributed by atoms with E-state index in [1.807, 2.05) is 37.3 Å². The lowest BCUT2D eigenvalue weighted by atomic mass is 9.98. The summed E-state index contributed by atoms with van der Waals surface area (Å²) in [5.74, 6) is 1.73. The molecule has 1 fully saturated rings. The Kier molecular flexibility index (Phi) is 4.94. The number of hydrogen-bond acceptors (Lipinski definition) is 5. The van der Waals surface area contributed by atoms with Gasteiger partial charge in [0.15, 0.2) is 5.76 Å². The predicted octanol–water partition coefficient (Wildman–Crippen LogP) is 4.70. The molecule has 29 heavy (non-hydrogen) atoms. The quantitative estimate of drug-likeness (QED) is 0.627. The number of aryl methyl sites for hydroxylation is 1. The van der Waals surface area contributed by atoms with Gasteiger partial charge in [0.2, 0.25) is 5.78 Å². The molecule has 3 aliphatic rings. The first-order valence-electron chi connectivity index (χ1n) is 9.91. The molecular weight excluding hydrogens is 434 g/mol. The van der Waals surface area contributed by atoms with Crippen molar-refractivity contribution in [1.82, 2.24) is 4.90 Å². The number of carbonyl (C=O) groups is 1. The summed E-state index contributed by atoms with van der Waals surface area (Å²) in [7, 11) is 0. The van der Waals surface area contributed by atoms with Crippen LogP contribution in [0.4, 0.5) is 0 Å². The van der Waals surface area contributed by atoms with Gasteiger partial charge in [0.1, 0.15) is 18.2 Å². The highest BCUT2D eigenvalue weighted by molar-refractivity contribution is 9.10. The molecule has 1 unspecified atom stereocenters. The van der Waals surface area contributed by atoms with Gasteiger partial charge in [0.05, 0.1) is 17.2 Å². The fraction of sp³-hybridized carbons (Fsp3) is 0.348. The smallest absolute Gasteiger partial charge is 0.232 e. The first-order chi connectivity index (χ1) is 14.1. The van der Waals surface area contributed by atoms with Crippen molar-refractivity contribution < 1.29 is 19.0 Å². The number of Topliss-reactive ketones (excluding diaryl/α,β-unsaturated/α-hetero) is 1. The van der Waals surface area contributed by atoms with Crippen LogP contribution in [0.2, 0.25) is 0 Å². The lowest BCUT2D eigenvalue weighted by molar-refractivity contribution is 0.0273. The first kappa shape index (κ1) is 18.9. The predicted molar refractivity (Wildman–Crippen MR) is 113 cm³/mol. The molecule has 150 valence electrons. The summed E-state index contributed by atoms with van der Waals surface area (Å²) in [5.41, 5.74) is 3.39. The molecule has 0 radical (unpaired) electrons. The van der Waals surface area contributed by atoms with Gasteiger partial charge in [-0.05, 0) is 55.2 Å². The number of nitrogens with zero attached hydrogens (tertiary/aromatic N) is 1. The minimum absolute atomic E-state index is 0.0727. The molecule has 2 aromatic carbocycles. The number of halogens is 1. The minimum Gasteiger partial charge on any atom is -0.478 e. The molecule has 0 amide bonds. The van der Waals surface area contributed by atoms with Crippen LogP contribution >= 0.6 is 15.9 Å². The Labute approximate surface area is 178 Å². The molecule has 5 rings (SSSR count). The van der Waals surface area contributed by atoms with Crippen LogP contribution < -0.4 is 9.47 Å². The molecule has 5 nitrogen and oxygen atoms in total. The molecule has 0 spiro atoms. The Morgan fingerprint density at radius 3 is 3.00 bits per heavy atom. The highest BCUT2D eigenvalue weighted by Gasteiger charge is 2.36. The fourth-order valence-corrected chi connectivity index (χ4v) is 4.63. The van der Waals surface area contributed by atoms with Gasteiger partial charge >= 0.3 is 0 Å². The number of fused-ring (bicyclic) bond motifs is 3. The van der Waals surface area contributed by atoms with Crippen LogP contribution in [0.1, 0.15) is 39.9 Å². The summed E-state index contributed by atoms with van der Waals surface area (Å²) in [6, 6.07) is 9.76. The van der Waals surface area contributed by atoms with Crippen molar-refractivity contribution in [3.05, 3.63) is 62.8 Å². The van der Waals surface area contributed by atoms with Gasteiger partial charge < -0.3 is 14.2 Å². The highest BCUT2D eigenvalue weighted by Crippen LogP contribution is 2.44. The second-order valence-corrected chi connectivity index (χ2v) is 8.70. The number of ether oxygens (including phenoxy) is 3. The minimum atomic E-state index is -0.0727. The summed E-state index contributed by atoms with van der Waals surface area (Å²) < 4.78 is 18.9. The van der Waals surface area contributed by atoms with Crippen LogP contribution in [0.15, 0.2) is 40.6 Å². The van der Waals surface area contributed by atoms with E-state index in [0.717, 1.165) is 52.9 Å². The molecule has 3 aliphatic heterocycles. The summed E-state index contributed by atoms with van der Waals surface area (Å²) >= 11 is 3.47. The Morgan fingerprint density at radius 2 is 2.21 bits per heavy atom. The maximum absolute atomic E-state index is 13.1. The van der Waals surface area contributed by atoms with Gasteiger partial charge in [-0.3, -0.25) is 9.69 Å². The monoisotopic (exact) mass is 455 g/mol. The van der Waals surface area contributed by atoms with E-state index in [9.17, 15) is 4.79 Å². The number of benzene rings is 2. The van der Waals surface area contributed by atoms with Crippen LogP contribution in [0.25, 0.3) is 6.08 Å². The van der Waals surface area contributed by atoms with E-state index in [2.05, 4.69) is 20.8 Å². The molecule has 0 N–H and O–H groups in total. The SMILES string of the molecule is Cc1cc2c(c3c1C(=O)/C(=C/c1cccc(Br)c1)O3)CN(CC1CCCO1)CO2. The highest BCUT2D eigenvalue weighted by atomic mass is 79.9. The average molecular weight is 456 g/mol. The van der Waals surface area contributed by atoms with Gasteiger partial charge in [0, 0.05) is 24.2 Å². The largest absolute Gasteiger partial charge is 0.478 e. The number of rotatable bonds is 3. The van der Waals surface area contributed by atoms with E-state index < -0.39 is 0 Å². The van der Waals surface area contributed by atoms with Gasteiger partial charge in [-0.15, -0.1) is 0 Å². The zero-order valence-corrected chi connectivity index (χ0v) is 17.8. The molecule has 1 atom stereocenters. The van der Waals surface area contributed by atoms with Crippen LogP contribution in [0.5, 0.6) is 11.5 Å². The normalized spacial score (nSPS) is 22.3. The molecule has 0 bridgehead atoms. The van der Waals surface area contributed by atoms with E-state index in [0.29, 0.717) is 30.3 Å². The Balaban J connectivity index is 1.46. The van der Waals surface area contributed by atoms with Crippen molar-refractivity contribution in [2.24, 2.45) is 0 Å². The molecule has 0 aliphatic carbocycles. The zero-order valence-electron chi connectivity index (χ0n) is 16.2. The topological polar surface area (TPSA) is 48.0 Å². The summed E-state index contributed by atoms with van der Waals surface area (Å²) in [4.78, 5) is 15.3. The van der Waals surface area contributed by atoms with Crippen molar-refractivity contribution in [3.63, 3.8) is 0 Å². The van der Waals surface area contributed by atoms with Crippen LogP contribution in [0.3, 0.4) is 0 Å². The zero-order chi connectivity index (χ0) is 20.0. The molecular formula is C23H22BrNO4. The number of hydrogen-bond donors (Lipinski definition) is 0. The third-order valence-corrected chi connectivity index (χ3v) is 6.11. The third kappa shape index (κ3) is 3.61. The van der Waals surface area contributed by atoms with Crippen LogP contribution in [0, 0.1) is 6.92 Å². The maximum atomic E-state index is 13.1. The maximum Gasteiger partial charge on any atom is 0.232 e. The summed E-state index contributed by atoms with van der Waals surface area (Å²) in [6.07, 6.45) is 4.26. The van der Waals surface area contributed by atoms with Crippen molar-refractivity contribution >= 4 is 27.8 Å². The van der Waals surface area contributed by atoms with E-state index in [4.69, 9.17) is 14.2 Å². The average Bonchev–Trinajstić information content (AvgIpc) is 3.31. The van der Waals surface area contributed by atoms with Gasteiger partial charge in [-0.25, -0.2) is 0 Å². The second kappa shape index (κ2) is 7.59. The lowest BCUT2D eigenvalue weighted by Gasteiger charge is -2.31. The van der Waals surface area contributed by atoms with Crippen molar-refractivity contribution in [3.8, 4) is 11.5 Å².